The van der Waals surface area contributed by atoms with Crippen LogP contribution in [-0.2, 0) is 9.53 Å². The van der Waals surface area contributed by atoms with Crippen LogP contribution >= 0.6 is 11.3 Å². The first-order valence-corrected chi connectivity index (χ1v) is 8.92. The molecule has 0 aromatic carbocycles. The number of nitrogens with one attached hydrogen (secondary N) is 1. The molecular weight excluding hydrogens is 370 g/mol. The molecule has 0 saturated carbocycles. The minimum atomic E-state index is -0.682. The van der Waals surface area contributed by atoms with Crippen molar-refractivity contribution < 1.29 is 19.1 Å². The molecule has 27 heavy (non-hydrogen) atoms. The minimum absolute atomic E-state index is 0.138. The van der Waals surface area contributed by atoms with Gasteiger partial charge in [-0.3, -0.25) is 9.59 Å². The van der Waals surface area contributed by atoms with Gasteiger partial charge in [-0.25, -0.2) is 14.5 Å². The summed E-state index contributed by atoms with van der Waals surface area (Å²) in [5.74, 6) is -1.90. The van der Waals surface area contributed by atoms with Gasteiger partial charge in [-0.1, -0.05) is 0 Å². The molecule has 3 aromatic heterocycles. The summed E-state index contributed by atoms with van der Waals surface area (Å²) in [5, 5.41) is 9.37. The number of aromatic nitrogens is 3. The SMILES string of the molecule is CC(C)n1ncc2cc(C(=O)OCC(=O)Nc3sccc3C(N)=O)cnc21. The third kappa shape index (κ3) is 3.95. The van der Waals surface area contributed by atoms with E-state index in [1.165, 1.54) is 12.3 Å². The van der Waals surface area contributed by atoms with E-state index in [1.54, 1.807) is 22.3 Å². The molecule has 0 radical (unpaired) electrons. The van der Waals surface area contributed by atoms with Crippen molar-refractivity contribution in [3.05, 3.63) is 41.0 Å². The normalized spacial score (nSPS) is 10.9. The van der Waals surface area contributed by atoms with E-state index in [4.69, 9.17) is 10.5 Å². The Morgan fingerprint density at radius 1 is 1.33 bits per heavy atom. The third-order valence-corrected chi connectivity index (χ3v) is 4.51. The summed E-state index contributed by atoms with van der Waals surface area (Å²) in [6, 6.07) is 3.25. The number of thiophene rings is 1. The van der Waals surface area contributed by atoms with Crippen molar-refractivity contribution in [2.45, 2.75) is 19.9 Å². The number of hydrogen-bond acceptors (Lipinski definition) is 7. The molecule has 0 saturated heterocycles. The van der Waals surface area contributed by atoms with Gasteiger partial charge in [0.05, 0.1) is 17.3 Å². The fourth-order valence-electron chi connectivity index (χ4n) is 2.41. The van der Waals surface area contributed by atoms with E-state index in [1.807, 2.05) is 13.8 Å². The smallest absolute Gasteiger partial charge is 0.340 e. The zero-order valence-corrected chi connectivity index (χ0v) is 15.4. The van der Waals surface area contributed by atoms with Crippen LogP contribution in [0.4, 0.5) is 5.00 Å². The minimum Gasteiger partial charge on any atom is -0.452 e. The average Bonchev–Trinajstić information content (AvgIpc) is 3.25. The van der Waals surface area contributed by atoms with Gasteiger partial charge in [0.1, 0.15) is 5.00 Å². The molecule has 0 aliphatic rings. The molecule has 0 aliphatic carbocycles. The zero-order chi connectivity index (χ0) is 19.6. The van der Waals surface area contributed by atoms with Crippen LogP contribution in [0.15, 0.2) is 29.9 Å². The number of hydrogen-bond donors (Lipinski definition) is 2. The van der Waals surface area contributed by atoms with E-state index in [0.29, 0.717) is 16.0 Å². The number of nitrogens with zero attached hydrogens (tertiary/aromatic N) is 3. The van der Waals surface area contributed by atoms with Crippen LogP contribution in [0.2, 0.25) is 0 Å². The van der Waals surface area contributed by atoms with Crippen molar-refractivity contribution in [1.29, 1.82) is 0 Å². The van der Waals surface area contributed by atoms with Gasteiger partial charge in [0.15, 0.2) is 12.3 Å². The predicted octanol–water partition coefficient (Wildman–Crippen LogP) is 1.97. The second-order valence-corrected chi connectivity index (χ2v) is 6.89. The Kier molecular flexibility index (Phi) is 5.17. The number of carbonyl (C=O) groups is 3. The van der Waals surface area contributed by atoms with E-state index in [2.05, 4.69) is 15.4 Å². The molecule has 0 bridgehead atoms. The van der Waals surface area contributed by atoms with Crippen molar-refractivity contribution in [2.75, 3.05) is 11.9 Å². The molecule has 0 unspecified atom stereocenters. The fraction of sp³-hybridized carbons (Fsp3) is 0.235. The lowest BCUT2D eigenvalue weighted by Gasteiger charge is -2.07. The van der Waals surface area contributed by atoms with Crippen molar-refractivity contribution >= 4 is 45.2 Å². The summed E-state index contributed by atoms with van der Waals surface area (Å²) in [7, 11) is 0. The quantitative estimate of drug-likeness (QED) is 0.622. The number of primary amides is 1. The first kappa shape index (κ1) is 18.5. The molecule has 3 N–H and O–H groups in total. The van der Waals surface area contributed by atoms with E-state index in [-0.39, 0.29) is 17.2 Å². The number of ether oxygens (including phenoxy) is 1. The van der Waals surface area contributed by atoms with Crippen LogP contribution in [0.1, 0.15) is 40.6 Å². The molecule has 2 amide bonds. The number of nitrogens with two attached hydrogens (primary N) is 1. The lowest BCUT2D eigenvalue weighted by Crippen LogP contribution is -2.22. The van der Waals surface area contributed by atoms with Gasteiger partial charge in [-0.05, 0) is 31.4 Å². The Bertz CT molecular complexity index is 1020. The van der Waals surface area contributed by atoms with Crippen molar-refractivity contribution in [1.82, 2.24) is 14.8 Å². The van der Waals surface area contributed by atoms with Crippen LogP contribution in [-0.4, -0.2) is 39.2 Å². The number of pyridine rings is 1. The topological polar surface area (TPSA) is 129 Å². The van der Waals surface area contributed by atoms with Gasteiger partial charge in [-0.2, -0.15) is 5.10 Å². The molecule has 3 rings (SSSR count). The summed E-state index contributed by atoms with van der Waals surface area (Å²) in [6.45, 7) is 3.45. The van der Waals surface area contributed by atoms with E-state index < -0.39 is 24.4 Å². The number of anilines is 1. The maximum absolute atomic E-state index is 12.2. The van der Waals surface area contributed by atoms with Crippen LogP contribution in [0, 0.1) is 0 Å². The highest BCUT2D eigenvalue weighted by Crippen LogP contribution is 2.22. The van der Waals surface area contributed by atoms with E-state index >= 15 is 0 Å². The number of amides is 2. The molecular formula is C17H17N5O4S. The largest absolute Gasteiger partial charge is 0.452 e. The Balaban J connectivity index is 1.63. The molecule has 0 aliphatic heterocycles. The Morgan fingerprint density at radius 2 is 2.11 bits per heavy atom. The van der Waals surface area contributed by atoms with Crippen LogP contribution < -0.4 is 11.1 Å². The van der Waals surface area contributed by atoms with Crippen molar-refractivity contribution in [3.63, 3.8) is 0 Å². The lowest BCUT2D eigenvalue weighted by molar-refractivity contribution is -0.119. The molecule has 140 valence electrons. The molecule has 0 spiro atoms. The van der Waals surface area contributed by atoms with Gasteiger partial charge in [0.25, 0.3) is 11.8 Å². The number of esters is 1. The molecule has 0 atom stereocenters. The summed E-state index contributed by atoms with van der Waals surface area (Å²) < 4.78 is 6.76. The second kappa shape index (κ2) is 7.54. The Labute approximate surface area is 158 Å². The molecule has 0 fully saturated rings. The molecule has 9 nitrogen and oxygen atoms in total. The summed E-state index contributed by atoms with van der Waals surface area (Å²) in [4.78, 5) is 39.6. The van der Waals surface area contributed by atoms with E-state index in [9.17, 15) is 14.4 Å². The standard InChI is InChI=1S/C17H17N5O4S/c1-9(2)22-15-10(7-20-22)5-11(6-19-15)17(25)26-8-13(23)21-16-12(14(18)24)3-4-27-16/h3-7,9H,8H2,1-2H3,(H2,18,24)(H,21,23). The van der Waals surface area contributed by atoms with Crippen molar-refractivity contribution in [2.24, 2.45) is 5.73 Å². The number of rotatable bonds is 6. The summed E-state index contributed by atoms with van der Waals surface area (Å²) in [5.41, 5.74) is 6.30. The summed E-state index contributed by atoms with van der Waals surface area (Å²) >= 11 is 1.15. The monoisotopic (exact) mass is 387 g/mol. The van der Waals surface area contributed by atoms with Gasteiger partial charge in [0.2, 0.25) is 0 Å². The Hall–Kier alpha value is -3.27. The predicted molar refractivity (Wildman–Crippen MR) is 99.7 cm³/mol. The highest BCUT2D eigenvalue weighted by Gasteiger charge is 2.16. The second-order valence-electron chi connectivity index (χ2n) is 5.97. The van der Waals surface area contributed by atoms with Gasteiger partial charge >= 0.3 is 5.97 Å². The van der Waals surface area contributed by atoms with Crippen molar-refractivity contribution in [3.8, 4) is 0 Å². The maximum Gasteiger partial charge on any atom is 0.340 e. The van der Waals surface area contributed by atoms with Gasteiger partial charge in [0, 0.05) is 17.6 Å². The summed E-state index contributed by atoms with van der Waals surface area (Å²) in [6.07, 6.45) is 3.00. The highest BCUT2D eigenvalue weighted by atomic mass is 32.1. The maximum atomic E-state index is 12.2. The first-order valence-electron chi connectivity index (χ1n) is 8.04. The molecule has 10 heteroatoms. The van der Waals surface area contributed by atoms with Crippen LogP contribution in [0.3, 0.4) is 0 Å². The first-order chi connectivity index (χ1) is 12.9. The molecule has 3 heterocycles. The lowest BCUT2D eigenvalue weighted by atomic mass is 10.2. The van der Waals surface area contributed by atoms with Crippen LogP contribution in [0.25, 0.3) is 11.0 Å². The Morgan fingerprint density at radius 3 is 2.81 bits per heavy atom. The fourth-order valence-corrected chi connectivity index (χ4v) is 3.22. The average molecular weight is 387 g/mol. The van der Waals surface area contributed by atoms with Gasteiger partial charge in [-0.15, -0.1) is 11.3 Å². The number of carbonyl (C=O) groups excluding carboxylic acids is 3. The zero-order valence-electron chi connectivity index (χ0n) is 14.6. The van der Waals surface area contributed by atoms with Gasteiger partial charge < -0.3 is 15.8 Å². The van der Waals surface area contributed by atoms with Crippen LogP contribution in [0.5, 0.6) is 0 Å². The molecule has 3 aromatic rings. The third-order valence-electron chi connectivity index (χ3n) is 3.68. The number of fused-ring (bicyclic) bond motifs is 1. The van der Waals surface area contributed by atoms with E-state index in [0.717, 1.165) is 11.3 Å². The highest BCUT2D eigenvalue weighted by molar-refractivity contribution is 7.14.